The van der Waals surface area contributed by atoms with E-state index in [-0.39, 0.29) is 29.7 Å². The van der Waals surface area contributed by atoms with Crippen molar-refractivity contribution in [2.75, 3.05) is 29.9 Å². The fraction of sp³-hybridized carbons (Fsp3) is 0.500. The summed E-state index contributed by atoms with van der Waals surface area (Å²) in [7, 11) is 0. The van der Waals surface area contributed by atoms with E-state index >= 15 is 0 Å². The van der Waals surface area contributed by atoms with Crippen LogP contribution in [0.1, 0.15) is 24.1 Å². The van der Waals surface area contributed by atoms with Gasteiger partial charge in [0.15, 0.2) is 12.3 Å². The molecule has 0 spiro atoms. The van der Waals surface area contributed by atoms with E-state index in [9.17, 15) is 26.3 Å². The number of piperidine rings is 1. The van der Waals surface area contributed by atoms with E-state index in [0.29, 0.717) is 24.4 Å². The van der Waals surface area contributed by atoms with Crippen molar-refractivity contribution in [3.8, 4) is 5.88 Å². The van der Waals surface area contributed by atoms with Crippen molar-refractivity contribution in [2.24, 2.45) is 11.8 Å². The lowest BCUT2D eigenvalue weighted by Crippen LogP contribution is -2.48. The van der Waals surface area contributed by atoms with Gasteiger partial charge in [-0.15, -0.1) is 5.10 Å². The highest BCUT2D eigenvalue weighted by molar-refractivity contribution is 5.53. The van der Waals surface area contributed by atoms with Gasteiger partial charge >= 0.3 is 12.4 Å². The summed E-state index contributed by atoms with van der Waals surface area (Å²) in [5.74, 6) is 0.490. The minimum Gasteiger partial charge on any atom is -0.468 e. The number of aryl methyl sites for hydroxylation is 1. The molecule has 2 unspecified atom stereocenters. The van der Waals surface area contributed by atoms with Crippen molar-refractivity contribution in [1.29, 1.82) is 0 Å². The molecule has 13 heteroatoms. The Balaban J connectivity index is 1.33. The number of aromatic nitrogens is 4. The van der Waals surface area contributed by atoms with Crippen LogP contribution in [0, 0.1) is 18.8 Å². The number of pyridine rings is 2. The van der Waals surface area contributed by atoms with Gasteiger partial charge in [-0.3, -0.25) is 4.98 Å². The number of rotatable bonds is 5. The fourth-order valence-electron chi connectivity index (χ4n) is 4.98. The first-order chi connectivity index (χ1) is 16.5. The maximum atomic E-state index is 13.1. The molecule has 3 aromatic rings. The van der Waals surface area contributed by atoms with Gasteiger partial charge in [-0.25, -0.2) is 0 Å². The number of alkyl halides is 6. The molecule has 35 heavy (non-hydrogen) atoms. The zero-order valence-electron chi connectivity index (χ0n) is 18.6. The first kappa shape index (κ1) is 23.5. The number of ether oxygens (including phenoxy) is 1. The molecule has 0 aromatic carbocycles. The second-order valence-corrected chi connectivity index (χ2v) is 9.00. The molecule has 1 saturated heterocycles. The highest BCUT2D eigenvalue weighted by atomic mass is 19.4. The van der Waals surface area contributed by atoms with E-state index in [1.165, 1.54) is 16.8 Å². The normalized spacial score (nSPS) is 22.6. The maximum Gasteiger partial charge on any atom is 0.433 e. The Morgan fingerprint density at radius 2 is 1.77 bits per heavy atom. The Bertz CT molecular complexity index is 1210. The number of hydrogen-bond donors (Lipinski definition) is 1. The number of halogens is 6. The van der Waals surface area contributed by atoms with Gasteiger partial charge in [0, 0.05) is 37.1 Å². The lowest BCUT2D eigenvalue weighted by molar-refractivity contribution is -0.154. The van der Waals surface area contributed by atoms with Crippen LogP contribution in [0.25, 0.3) is 5.65 Å². The molecule has 188 valence electrons. The SMILES string of the molecule is Cc1ccc(OCC(F)(F)F)n2nc(NC3C4CCC3CN(c3ccnc(C(F)(F)F)c3)C4)nc12. The predicted octanol–water partition coefficient (Wildman–Crippen LogP) is 4.72. The van der Waals surface area contributed by atoms with E-state index in [4.69, 9.17) is 4.74 Å². The minimum absolute atomic E-state index is 0.00700. The third-order valence-electron chi connectivity index (χ3n) is 6.56. The predicted molar refractivity (Wildman–Crippen MR) is 114 cm³/mol. The summed E-state index contributed by atoms with van der Waals surface area (Å²) in [6.07, 6.45) is -6.04. The molecule has 1 aliphatic heterocycles. The molecule has 1 saturated carbocycles. The molecule has 1 N–H and O–H groups in total. The second-order valence-electron chi connectivity index (χ2n) is 9.00. The van der Waals surface area contributed by atoms with Gasteiger partial charge < -0.3 is 15.0 Å². The average molecular weight is 500 g/mol. The molecule has 3 aromatic heterocycles. The summed E-state index contributed by atoms with van der Waals surface area (Å²) < 4.78 is 83.3. The van der Waals surface area contributed by atoms with Crippen LogP contribution in [0.3, 0.4) is 0 Å². The monoisotopic (exact) mass is 500 g/mol. The molecule has 5 rings (SSSR count). The molecule has 7 nitrogen and oxygen atoms in total. The fourth-order valence-corrected chi connectivity index (χ4v) is 4.98. The Morgan fingerprint density at radius 3 is 2.43 bits per heavy atom. The highest BCUT2D eigenvalue weighted by Crippen LogP contribution is 2.41. The molecule has 4 heterocycles. The molecular formula is C22H22F6N6O. The van der Waals surface area contributed by atoms with Crippen molar-refractivity contribution < 1.29 is 31.1 Å². The van der Waals surface area contributed by atoms with Crippen LogP contribution < -0.4 is 15.0 Å². The Kier molecular flexibility index (Phi) is 5.67. The minimum atomic E-state index is -4.51. The summed E-state index contributed by atoms with van der Waals surface area (Å²) >= 11 is 0. The number of hydrogen-bond acceptors (Lipinski definition) is 6. The summed E-state index contributed by atoms with van der Waals surface area (Å²) in [6.45, 7) is 1.44. The van der Waals surface area contributed by atoms with Crippen molar-refractivity contribution in [3.63, 3.8) is 0 Å². The van der Waals surface area contributed by atoms with Crippen LogP contribution >= 0.6 is 0 Å². The molecule has 2 aliphatic rings. The molecule has 0 radical (unpaired) electrons. The van der Waals surface area contributed by atoms with Crippen LogP contribution in [0.15, 0.2) is 30.5 Å². The lowest BCUT2D eigenvalue weighted by Gasteiger charge is -2.39. The quantitative estimate of drug-likeness (QED) is 0.512. The van der Waals surface area contributed by atoms with E-state index in [1.54, 1.807) is 19.1 Å². The Morgan fingerprint density at radius 1 is 1.06 bits per heavy atom. The maximum absolute atomic E-state index is 13.1. The van der Waals surface area contributed by atoms with Crippen molar-refractivity contribution in [2.45, 2.75) is 38.2 Å². The van der Waals surface area contributed by atoms with Gasteiger partial charge in [0.2, 0.25) is 11.8 Å². The first-order valence-corrected chi connectivity index (χ1v) is 11.1. The lowest BCUT2D eigenvalue weighted by atomic mass is 9.92. The molecule has 2 atom stereocenters. The molecule has 2 bridgehead atoms. The topological polar surface area (TPSA) is 67.6 Å². The van der Waals surface area contributed by atoms with E-state index < -0.39 is 24.7 Å². The zero-order valence-corrected chi connectivity index (χ0v) is 18.6. The van der Waals surface area contributed by atoms with Gasteiger partial charge in [0.25, 0.3) is 0 Å². The smallest absolute Gasteiger partial charge is 0.433 e. The number of anilines is 2. The summed E-state index contributed by atoms with van der Waals surface area (Å²) in [5, 5.41) is 7.66. The zero-order chi connectivity index (χ0) is 25.0. The van der Waals surface area contributed by atoms with Crippen LogP contribution in [0.5, 0.6) is 5.88 Å². The van der Waals surface area contributed by atoms with Crippen LogP contribution in [-0.2, 0) is 6.18 Å². The van der Waals surface area contributed by atoms with E-state index in [0.717, 1.165) is 24.5 Å². The third-order valence-corrected chi connectivity index (χ3v) is 6.56. The molecule has 2 fully saturated rings. The Hall–Kier alpha value is -3.25. The van der Waals surface area contributed by atoms with Crippen molar-refractivity contribution in [1.82, 2.24) is 19.6 Å². The van der Waals surface area contributed by atoms with Crippen molar-refractivity contribution >= 4 is 17.3 Å². The van der Waals surface area contributed by atoms with E-state index in [2.05, 4.69) is 20.4 Å². The number of fused-ring (bicyclic) bond motifs is 3. The van der Waals surface area contributed by atoms with Gasteiger partial charge in [-0.05, 0) is 49.3 Å². The third kappa shape index (κ3) is 4.80. The van der Waals surface area contributed by atoms with E-state index in [1.807, 2.05) is 4.90 Å². The van der Waals surface area contributed by atoms with Gasteiger partial charge in [-0.2, -0.15) is 35.8 Å². The van der Waals surface area contributed by atoms with Gasteiger partial charge in [0.05, 0.1) is 0 Å². The van der Waals surface area contributed by atoms with Gasteiger partial charge in [-0.1, -0.05) is 6.07 Å². The molecule has 0 amide bonds. The first-order valence-electron chi connectivity index (χ1n) is 11.1. The van der Waals surface area contributed by atoms with Gasteiger partial charge in [0.1, 0.15) is 5.69 Å². The summed E-state index contributed by atoms with van der Waals surface area (Å²) in [6, 6.07) is 5.68. The number of nitrogens with zero attached hydrogens (tertiary/aromatic N) is 5. The summed E-state index contributed by atoms with van der Waals surface area (Å²) in [5.41, 5.74) is 0.667. The Labute approximate surface area is 196 Å². The van der Waals surface area contributed by atoms with Crippen molar-refractivity contribution in [3.05, 3.63) is 41.7 Å². The van der Waals surface area contributed by atoms with Crippen LogP contribution in [-0.4, -0.2) is 51.5 Å². The molecular weight excluding hydrogens is 478 g/mol. The second kappa shape index (κ2) is 8.45. The van der Waals surface area contributed by atoms with Crippen LogP contribution in [0.2, 0.25) is 0 Å². The largest absolute Gasteiger partial charge is 0.468 e. The highest BCUT2D eigenvalue weighted by Gasteiger charge is 2.43. The van der Waals surface area contributed by atoms with Crippen LogP contribution in [0.4, 0.5) is 38.0 Å². The number of nitrogens with one attached hydrogen (secondary N) is 1. The standard InChI is InChI=1S/C22H22F6N6O/c1-12-2-5-17(35-11-21(23,24)25)34-19(12)31-20(32-34)30-18-13-3-4-14(18)10-33(9-13)15-6-7-29-16(8-15)22(26,27)28/h2,5-8,13-14,18H,3-4,9-11H2,1H3,(H,30,32). The summed E-state index contributed by atoms with van der Waals surface area (Å²) in [4.78, 5) is 9.84. The molecule has 1 aliphatic carbocycles. The average Bonchev–Trinajstić information content (AvgIpc) is 3.30.